The van der Waals surface area contributed by atoms with Gasteiger partial charge >= 0.3 is 0 Å². The molecule has 19 heavy (non-hydrogen) atoms. The van der Waals surface area contributed by atoms with Crippen molar-refractivity contribution in [3.63, 3.8) is 0 Å². The van der Waals surface area contributed by atoms with E-state index in [4.69, 9.17) is 0 Å². The van der Waals surface area contributed by atoms with Gasteiger partial charge in [-0.1, -0.05) is 26.2 Å². The van der Waals surface area contributed by atoms with E-state index in [0.717, 1.165) is 57.8 Å². The van der Waals surface area contributed by atoms with Crippen LogP contribution in [0.1, 0.15) is 64.7 Å². The molecule has 2 rings (SSSR count). The molecule has 0 saturated heterocycles. The normalized spacial score (nSPS) is 34.3. The molecule has 0 aliphatic heterocycles. The van der Waals surface area contributed by atoms with Crippen LogP contribution in [-0.4, -0.2) is 30.9 Å². The highest BCUT2D eigenvalue weighted by Gasteiger charge is 2.39. The van der Waals surface area contributed by atoms with Crippen molar-refractivity contribution < 1.29 is 13.5 Å². The molecule has 0 spiro atoms. The summed E-state index contributed by atoms with van der Waals surface area (Å²) in [7, 11) is -3.28. The monoisotopic (exact) mass is 289 g/mol. The first-order chi connectivity index (χ1) is 8.97. The lowest BCUT2D eigenvalue weighted by Crippen LogP contribution is -2.55. The number of rotatable bonds is 4. The molecule has 0 heterocycles. The van der Waals surface area contributed by atoms with Crippen LogP contribution in [0.2, 0.25) is 0 Å². The summed E-state index contributed by atoms with van der Waals surface area (Å²) < 4.78 is 27.8. The van der Waals surface area contributed by atoms with Crippen molar-refractivity contribution in [1.82, 2.24) is 4.72 Å². The van der Waals surface area contributed by atoms with Crippen molar-refractivity contribution in [2.24, 2.45) is 5.92 Å². The highest BCUT2D eigenvalue weighted by molar-refractivity contribution is 7.90. The zero-order chi connectivity index (χ0) is 13.9. The fourth-order valence-electron chi connectivity index (χ4n) is 3.37. The van der Waals surface area contributed by atoms with Gasteiger partial charge in [-0.25, -0.2) is 13.1 Å². The van der Waals surface area contributed by atoms with Gasteiger partial charge in [0.2, 0.25) is 10.0 Å². The second kappa shape index (κ2) is 6.10. The van der Waals surface area contributed by atoms with Crippen LogP contribution < -0.4 is 4.72 Å². The third-order valence-corrected chi connectivity index (χ3v) is 6.95. The van der Waals surface area contributed by atoms with Gasteiger partial charge in [-0.05, 0) is 44.4 Å². The van der Waals surface area contributed by atoms with Crippen molar-refractivity contribution in [2.75, 3.05) is 6.61 Å². The summed E-state index contributed by atoms with van der Waals surface area (Å²) in [6, 6.07) is 0. The van der Waals surface area contributed by atoms with E-state index < -0.39 is 15.6 Å². The molecule has 2 aliphatic carbocycles. The molecule has 0 aromatic heterocycles. The van der Waals surface area contributed by atoms with E-state index >= 15 is 0 Å². The third kappa shape index (κ3) is 3.70. The van der Waals surface area contributed by atoms with Gasteiger partial charge in [0, 0.05) is 0 Å². The van der Waals surface area contributed by atoms with Gasteiger partial charge in [0.15, 0.2) is 0 Å². The maximum absolute atomic E-state index is 12.5. The molecule has 0 radical (unpaired) electrons. The van der Waals surface area contributed by atoms with E-state index in [1.54, 1.807) is 0 Å². The summed E-state index contributed by atoms with van der Waals surface area (Å²) in [6.07, 6.45) is 8.22. The molecular weight excluding hydrogens is 262 g/mol. The maximum Gasteiger partial charge on any atom is 0.215 e. The van der Waals surface area contributed by atoms with Crippen LogP contribution >= 0.6 is 0 Å². The van der Waals surface area contributed by atoms with Gasteiger partial charge in [-0.15, -0.1) is 0 Å². The van der Waals surface area contributed by atoms with Crippen molar-refractivity contribution >= 4 is 10.0 Å². The standard InChI is InChI=1S/C14H27NO3S/c1-12-7-9-14(11-16,10-8-12)15-19(17,18)13-5-3-2-4-6-13/h12-13,15-16H,2-11H2,1H3. The number of aliphatic hydroxyl groups excluding tert-OH is 1. The highest BCUT2D eigenvalue weighted by atomic mass is 32.2. The Bertz CT molecular complexity index is 379. The fraction of sp³-hybridized carbons (Fsp3) is 1.00. The molecule has 0 aromatic rings. The summed E-state index contributed by atoms with van der Waals surface area (Å²) >= 11 is 0. The molecule has 2 fully saturated rings. The van der Waals surface area contributed by atoms with E-state index in [1.165, 1.54) is 0 Å². The van der Waals surface area contributed by atoms with Crippen LogP contribution in [0.4, 0.5) is 0 Å². The number of aliphatic hydroxyl groups is 1. The average Bonchev–Trinajstić information content (AvgIpc) is 2.42. The smallest absolute Gasteiger partial charge is 0.215 e. The van der Waals surface area contributed by atoms with Crippen LogP contribution in [0.3, 0.4) is 0 Å². The second-order valence-corrected chi connectivity index (χ2v) is 8.49. The molecule has 2 N–H and O–H groups in total. The number of sulfonamides is 1. The Morgan fingerprint density at radius 2 is 1.68 bits per heavy atom. The Hall–Kier alpha value is -0.130. The van der Waals surface area contributed by atoms with E-state index in [1.807, 2.05) is 0 Å². The van der Waals surface area contributed by atoms with E-state index in [-0.39, 0.29) is 11.9 Å². The molecule has 0 bridgehead atoms. The molecular formula is C14H27NO3S. The molecule has 0 aromatic carbocycles. The molecule has 112 valence electrons. The van der Waals surface area contributed by atoms with Crippen molar-refractivity contribution in [3.8, 4) is 0 Å². The van der Waals surface area contributed by atoms with Gasteiger partial charge in [0.25, 0.3) is 0 Å². The van der Waals surface area contributed by atoms with Crippen LogP contribution in [0, 0.1) is 5.92 Å². The molecule has 2 aliphatic rings. The summed E-state index contributed by atoms with van der Waals surface area (Å²) in [4.78, 5) is 0. The minimum absolute atomic E-state index is 0.0777. The lowest BCUT2D eigenvalue weighted by Gasteiger charge is -2.39. The molecule has 0 atom stereocenters. The van der Waals surface area contributed by atoms with E-state index in [9.17, 15) is 13.5 Å². The first-order valence-corrected chi connectivity index (χ1v) is 9.16. The van der Waals surface area contributed by atoms with Crippen molar-refractivity contribution in [2.45, 2.75) is 75.5 Å². The van der Waals surface area contributed by atoms with Crippen molar-refractivity contribution in [3.05, 3.63) is 0 Å². The summed E-state index contributed by atoms with van der Waals surface area (Å²) in [5, 5.41) is 9.42. The minimum Gasteiger partial charge on any atom is -0.394 e. The first kappa shape index (κ1) is 15.3. The van der Waals surface area contributed by atoms with E-state index in [0.29, 0.717) is 5.92 Å². The number of hydrogen-bond donors (Lipinski definition) is 2. The quantitative estimate of drug-likeness (QED) is 0.833. The van der Waals surface area contributed by atoms with E-state index in [2.05, 4.69) is 11.6 Å². The summed E-state index contributed by atoms with van der Waals surface area (Å²) in [6.45, 7) is 2.11. The molecule has 0 unspecified atom stereocenters. The van der Waals surface area contributed by atoms with Gasteiger partial charge in [0.1, 0.15) is 0 Å². The Balaban J connectivity index is 2.04. The predicted octanol–water partition coefficient (Wildman–Crippen LogP) is 2.18. The van der Waals surface area contributed by atoms with Crippen molar-refractivity contribution in [1.29, 1.82) is 0 Å². The van der Waals surface area contributed by atoms with Crippen LogP contribution in [-0.2, 0) is 10.0 Å². The SMILES string of the molecule is CC1CCC(CO)(NS(=O)(=O)C2CCCCC2)CC1. The van der Waals surface area contributed by atoms with Gasteiger partial charge in [-0.3, -0.25) is 0 Å². The Morgan fingerprint density at radius 1 is 1.11 bits per heavy atom. The second-order valence-electron chi connectivity index (χ2n) is 6.53. The van der Waals surface area contributed by atoms with Gasteiger partial charge in [-0.2, -0.15) is 0 Å². The van der Waals surface area contributed by atoms with Crippen LogP contribution in [0.25, 0.3) is 0 Å². The average molecular weight is 289 g/mol. The number of nitrogens with one attached hydrogen (secondary N) is 1. The lowest BCUT2D eigenvalue weighted by atomic mass is 9.78. The minimum atomic E-state index is -3.28. The van der Waals surface area contributed by atoms with Gasteiger partial charge < -0.3 is 5.11 Å². The topological polar surface area (TPSA) is 66.4 Å². The maximum atomic E-state index is 12.5. The summed E-state index contributed by atoms with van der Waals surface area (Å²) in [5.41, 5.74) is -0.594. The number of hydrogen-bond acceptors (Lipinski definition) is 3. The lowest BCUT2D eigenvalue weighted by molar-refractivity contribution is 0.125. The molecule has 2 saturated carbocycles. The fourth-order valence-corrected chi connectivity index (χ4v) is 5.36. The van der Waals surface area contributed by atoms with Crippen LogP contribution in [0.15, 0.2) is 0 Å². The Morgan fingerprint density at radius 3 is 2.21 bits per heavy atom. The Labute approximate surface area is 117 Å². The molecule has 4 nitrogen and oxygen atoms in total. The Kier molecular flexibility index (Phi) is 4.90. The third-order valence-electron chi connectivity index (χ3n) is 4.88. The van der Waals surface area contributed by atoms with Gasteiger partial charge in [0.05, 0.1) is 17.4 Å². The predicted molar refractivity (Wildman–Crippen MR) is 76.4 cm³/mol. The summed E-state index contributed by atoms with van der Waals surface area (Å²) in [5.74, 6) is 0.638. The highest BCUT2D eigenvalue weighted by Crippen LogP contribution is 2.33. The zero-order valence-electron chi connectivity index (χ0n) is 11.9. The van der Waals surface area contributed by atoms with Crippen LogP contribution in [0.5, 0.6) is 0 Å². The molecule has 0 amide bonds. The first-order valence-electron chi connectivity index (χ1n) is 7.61. The zero-order valence-corrected chi connectivity index (χ0v) is 12.7. The largest absolute Gasteiger partial charge is 0.394 e. The molecule has 5 heteroatoms.